The van der Waals surface area contributed by atoms with Crippen molar-refractivity contribution in [2.45, 2.75) is 353 Å². The lowest BCUT2D eigenvalue weighted by molar-refractivity contribution is -0.123. The molecule has 0 rings (SSSR count). The van der Waals surface area contributed by atoms with Crippen molar-refractivity contribution in [3.63, 3.8) is 0 Å². The van der Waals surface area contributed by atoms with Crippen molar-refractivity contribution in [3.8, 4) is 0 Å². The molecule has 0 heterocycles. The predicted octanol–water partition coefficient (Wildman–Crippen LogP) is 23.8. The quantitative estimate of drug-likeness (QED) is 0.0420. The summed E-state index contributed by atoms with van der Waals surface area (Å²) in [6.07, 6.45) is 104. The van der Waals surface area contributed by atoms with Crippen LogP contribution in [0, 0.1) is 0 Å². The SMILES string of the molecule is CC/C=C\C/C=C\C/C=C\C/C=C\C/C=C\C/C=C\C/C=C\C/C=C\C/C=C\CCCCCCCCCCCCCC(=O)NC(CO)C(O)CCCCCCCCCCCCCCCCCCCCCCCCCCCCCC. The van der Waals surface area contributed by atoms with Crippen molar-refractivity contribution >= 4 is 5.91 Å². The number of aliphatic hydroxyl groups excluding tert-OH is 2. The van der Waals surface area contributed by atoms with E-state index in [-0.39, 0.29) is 12.5 Å². The largest absolute Gasteiger partial charge is 0.394 e. The van der Waals surface area contributed by atoms with Crippen molar-refractivity contribution in [3.05, 3.63) is 109 Å². The zero-order valence-corrected chi connectivity index (χ0v) is 52.6. The number of hydrogen-bond acceptors (Lipinski definition) is 3. The van der Waals surface area contributed by atoms with Crippen LogP contribution in [0.15, 0.2) is 109 Å². The molecule has 0 aliphatic heterocycles. The molecule has 0 fully saturated rings. The standard InChI is InChI=1S/C75H133NO3/c1-3-5-7-9-11-13-15-17-19-21-23-25-27-29-31-33-34-35-36-37-38-39-40-41-42-43-45-47-49-51-53-55-57-59-61-63-65-67-69-71-75(79)76-73(72-77)74(78)70-68-66-64-62-60-58-56-54-52-50-48-46-44-32-30-28-26-24-22-20-18-16-14-12-10-8-6-4-2/h5,7,11,13,17,19,23,25,29,31,34-35,37-38,40-41,43,45,73-74,77-78H,3-4,6,8-10,12,14-16,18,20-22,24,26-28,30,32-33,36,39,42,44,46-72H2,1-2H3,(H,76,79)/b7-5-,13-11-,19-17-,25-23-,31-29-,35-34-,38-37-,41-40-,45-43-. The molecule has 0 aliphatic rings. The van der Waals surface area contributed by atoms with Crippen molar-refractivity contribution < 1.29 is 15.0 Å². The van der Waals surface area contributed by atoms with E-state index in [0.717, 1.165) is 83.5 Å². The Hall–Kier alpha value is -2.95. The van der Waals surface area contributed by atoms with Gasteiger partial charge in [0.25, 0.3) is 0 Å². The predicted molar refractivity (Wildman–Crippen MR) is 354 cm³/mol. The molecule has 2 unspecified atom stereocenters. The molecule has 4 nitrogen and oxygen atoms in total. The fourth-order valence-electron chi connectivity index (χ4n) is 10.4. The van der Waals surface area contributed by atoms with Crippen LogP contribution in [0.5, 0.6) is 0 Å². The summed E-state index contributed by atoms with van der Waals surface area (Å²) in [4.78, 5) is 12.6. The van der Waals surface area contributed by atoms with E-state index >= 15 is 0 Å². The molecule has 2 atom stereocenters. The maximum atomic E-state index is 12.6. The van der Waals surface area contributed by atoms with E-state index < -0.39 is 12.1 Å². The van der Waals surface area contributed by atoms with Gasteiger partial charge in [0.2, 0.25) is 5.91 Å². The van der Waals surface area contributed by atoms with E-state index in [4.69, 9.17) is 0 Å². The van der Waals surface area contributed by atoms with Crippen LogP contribution in [-0.2, 0) is 4.79 Å². The number of carbonyl (C=O) groups is 1. The lowest BCUT2D eigenvalue weighted by Crippen LogP contribution is -2.45. The van der Waals surface area contributed by atoms with E-state index in [0.29, 0.717) is 12.8 Å². The molecule has 0 aromatic rings. The molecule has 456 valence electrons. The molecule has 0 radical (unpaired) electrons. The lowest BCUT2D eigenvalue weighted by Gasteiger charge is -2.22. The summed E-state index contributed by atoms with van der Waals surface area (Å²) in [5.41, 5.74) is 0. The van der Waals surface area contributed by atoms with Gasteiger partial charge in [-0.3, -0.25) is 4.79 Å². The fourth-order valence-corrected chi connectivity index (χ4v) is 10.4. The zero-order chi connectivity index (χ0) is 56.9. The van der Waals surface area contributed by atoms with Gasteiger partial charge in [-0.1, -0.05) is 361 Å². The third-order valence-corrected chi connectivity index (χ3v) is 15.5. The number of rotatable bonds is 63. The van der Waals surface area contributed by atoms with Gasteiger partial charge in [0.1, 0.15) is 0 Å². The van der Waals surface area contributed by atoms with Crippen LogP contribution >= 0.6 is 0 Å². The second-order valence-electron chi connectivity index (χ2n) is 23.2. The third-order valence-electron chi connectivity index (χ3n) is 15.5. The Morgan fingerprint density at radius 3 is 0.835 bits per heavy atom. The number of amides is 1. The van der Waals surface area contributed by atoms with Crippen molar-refractivity contribution in [1.29, 1.82) is 0 Å². The van der Waals surface area contributed by atoms with Crippen molar-refractivity contribution in [2.24, 2.45) is 0 Å². The van der Waals surface area contributed by atoms with E-state index in [1.54, 1.807) is 0 Å². The minimum atomic E-state index is -0.669. The Morgan fingerprint density at radius 2 is 0.557 bits per heavy atom. The molecule has 4 heteroatoms. The normalized spacial score (nSPS) is 13.4. The first-order chi connectivity index (χ1) is 39.2. The van der Waals surface area contributed by atoms with Crippen LogP contribution in [-0.4, -0.2) is 34.9 Å². The maximum Gasteiger partial charge on any atom is 0.220 e. The molecule has 0 aromatic carbocycles. The molecule has 0 aromatic heterocycles. The highest BCUT2D eigenvalue weighted by Crippen LogP contribution is 2.18. The number of allylic oxidation sites excluding steroid dienone is 18. The van der Waals surface area contributed by atoms with Gasteiger partial charge in [-0.05, 0) is 83.5 Å². The fraction of sp³-hybridized carbons (Fsp3) is 0.747. The highest BCUT2D eigenvalue weighted by Gasteiger charge is 2.20. The Labute approximate surface area is 493 Å². The van der Waals surface area contributed by atoms with Gasteiger partial charge in [-0.25, -0.2) is 0 Å². The summed E-state index contributed by atoms with van der Waals surface area (Å²) >= 11 is 0. The lowest BCUT2D eigenvalue weighted by atomic mass is 10.0. The molecule has 0 saturated heterocycles. The maximum absolute atomic E-state index is 12.6. The number of hydrogen-bond donors (Lipinski definition) is 3. The summed E-state index contributed by atoms with van der Waals surface area (Å²) in [7, 11) is 0. The van der Waals surface area contributed by atoms with Crippen molar-refractivity contribution in [2.75, 3.05) is 6.61 Å². The van der Waals surface area contributed by atoms with Gasteiger partial charge in [-0.15, -0.1) is 0 Å². The average Bonchev–Trinajstić information content (AvgIpc) is 3.45. The van der Waals surface area contributed by atoms with Gasteiger partial charge < -0.3 is 15.5 Å². The van der Waals surface area contributed by atoms with Crippen LogP contribution < -0.4 is 5.32 Å². The zero-order valence-electron chi connectivity index (χ0n) is 52.6. The Kier molecular flexibility index (Phi) is 66.7. The summed E-state index contributed by atoms with van der Waals surface area (Å²) in [5, 5.41) is 23.5. The minimum Gasteiger partial charge on any atom is -0.394 e. The first-order valence-electron chi connectivity index (χ1n) is 34.6. The van der Waals surface area contributed by atoms with Crippen LogP contribution in [0.1, 0.15) is 341 Å². The highest BCUT2D eigenvalue weighted by molar-refractivity contribution is 5.76. The Balaban J connectivity index is 3.51. The van der Waals surface area contributed by atoms with Gasteiger partial charge in [0.15, 0.2) is 0 Å². The van der Waals surface area contributed by atoms with E-state index in [2.05, 4.69) is 129 Å². The smallest absolute Gasteiger partial charge is 0.220 e. The van der Waals surface area contributed by atoms with E-state index in [1.165, 1.54) is 231 Å². The van der Waals surface area contributed by atoms with Crippen LogP contribution in [0.2, 0.25) is 0 Å². The van der Waals surface area contributed by atoms with Crippen molar-refractivity contribution in [1.82, 2.24) is 5.32 Å². The molecule has 0 spiro atoms. The summed E-state index contributed by atoms with van der Waals surface area (Å²) in [6, 6.07) is -0.546. The van der Waals surface area contributed by atoms with Gasteiger partial charge >= 0.3 is 0 Å². The second kappa shape index (κ2) is 69.3. The molecule has 0 bridgehead atoms. The molecular formula is C75H133NO3. The van der Waals surface area contributed by atoms with E-state index in [9.17, 15) is 15.0 Å². The number of carbonyl (C=O) groups excluding carboxylic acids is 1. The minimum absolute atomic E-state index is 0.0341. The average molecular weight is 1100 g/mol. The summed E-state index contributed by atoms with van der Waals surface area (Å²) in [5.74, 6) is -0.0341. The van der Waals surface area contributed by atoms with E-state index in [1.807, 2.05) is 0 Å². The number of nitrogens with one attached hydrogen (secondary N) is 1. The molecular weight excluding hydrogens is 963 g/mol. The molecule has 0 saturated carbocycles. The summed E-state index contributed by atoms with van der Waals surface area (Å²) < 4.78 is 0. The number of aliphatic hydroxyl groups is 2. The van der Waals surface area contributed by atoms with Gasteiger partial charge in [-0.2, -0.15) is 0 Å². The monoisotopic (exact) mass is 1100 g/mol. The Morgan fingerprint density at radius 1 is 0.316 bits per heavy atom. The van der Waals surface area contributed by atoms with Crippen LogP contribution in [0.4, 0.5) is 0 Å². The highest BCUT2D eigenvalue weighted by atomic mass is 16.3. The van der Waals surface area contributed by atoms with Gasteiger partial charge in [0, 0.05) is 6.42 Å². The summed E-state index contributed by atoms with van der Waals surface area (Å²) in [6.45, 7) is 4.27. The Bertz CT molecular complexity index is 1480. The molecule has 1 amide bonds. The molecule has 79 heavy (non-hydrogen) atoms. The first-order valence-corrected chi connectivity index (χ1v) is 34.6. The van der Waals surface area contributed by atoms with Crippen LogP contribution in [0.25, 0.3) is 0 Å². The van der Waals surface area contributed by atoms with Crippen LogP contribution in [0.3, 0.4) is 0 Å². The van der Waals surface area contributed by atoms with Gasteiger partial charge in [0.05, 0.1) is 18.8 Å². The molecule has 0 aliphatic carbocycles. The third kappa shape index (κ3) is 65.7. The second-order valence-corrected chi connectivity index (χ2v) is 23.2. The number of unbranched alkanes of at least 4 members (excludes halogenated alkanes) is 38. The topological polar surface area (TPSA) is 69.6 Å². The molecule has 3 N–H and O–H groups in total. The first kappa shape index (κ1) is 76.0.